The van der Waals surface area contributed by atoms with E-state index >= 15 is 0 Å². The van der Waals surface area contributed by atoms with Crippen LogP contribution in [0.25, 0.3) is 16.7 Å². The number of nitrogens with two attached hydrogens (primary N) is 1. The molecule has 3 rings (SSSR count). The van der Waals surface area contributed by atoms with Gasteiger partial charge in [-0.15, -0.1) is 0 Å². The predicted octanol–water partition coefficient (Wildman–Crippen LogP) is 2.80. The van der Waals surface area contributed by atoms with E-state index in [2.05, 4.69) is 4.98 Å². The van der Waals surface area contributed by atoms with Gasteiger partial charge in [0.1, 0.15) is 12.0 Å². The van der Waals surface area contributed by atoms with Gasteiger partial charge in [-0.1, -0.05) is 12.1 Å². The summed E-state index contributed by atoms with van der Waals surface area (Å²) in [7, 11) is 0. The summed E-state index contributed by atoms with van der Waals surface area (Å²) in [5.74, 6) is -1.23. The van der Waals surface area contributed by atoms with Gasteiger partial charge in [0, 0.05) is 0 Å². The zero-order chi connectivity index (χ0) is 14.1. The maximum Gasteiger partial charge on any atom is 0.150 e. The summed E-state index contributed by atoms with van der Waals surface area (Å²) in [6, 6.07) is 9.84. The summed E-state index contributed by atoms with van der Waals surface area (Å²) < 4.78 is 29.8. The van der Waals surface area contributed by atoms with Crippen LogP contribution < -0.4 is 5.73 Å². The van der Waals surface area contributed by atoms with Crippen LogP contribution in [-0.2, 0) is 6.42 Å². The van der Waals surface area contributed by atoms with Gasteiger partial charge in [0.15, 0.2) is 11.6 Å². The van der Waals surface area contributed by atoms with E-state index in [4.69, 9.17) is 5.73 Å². The Balaban J connectivity index is 2.19. The molecule has 0 aliphatic rings. The van der Waals surface area contributed by atoms with E-state index in [1.807, 2.05) is 6.07 Å². The molecule has 20 heavy (non-hydrogen) atoms. The highest BCUT2D eigenvalue weighted by Gasteiger charge is 2.15. The predicted molar refractivity (Wildman–Crippen MR) is 73.7 cm³/mol. The molecule has 102 valence electrons. The second kappa shape index (κ2) is 5.02. The molecule has 0 unspecified atom stereocenters. The first-order valence-corrected chi connectivity index (χ1v) is 6.31. The van der Waals surface area contributed by atoms with Gasteiger partial charge in [-0.25, -0.2) is 13.8 Å². The Bertz CT molecular complexity index is 742. The Morgan fingerprint density at radius 2 is 1.80 bits per heavy atom. The number of fused-ring (bicyclic) bond motifs is 1. The highest BCUT2D eigenvalue weighted by atomic mass is 19.1. The minimum absolute atomic E-state index is 0.112. The minimum atomic E-state index is -0.614. The molecule has 5 heteroatoms. The Labute approximate surface area is 114 Å². The van der Waals surface area contributed by atoms with E-state index in [0.717, 1.165) is 0 Å². The number of benzene rings is 2. The smallest absolute Gasteiger partial charge is 0.150 e. The molecule has 0 atom stereocenters. The van der Waals surface area contributed by atoms with Crippen molar-refractivity contribution < 1.29 is 8.78 Å². The number of imidazole rings is 1. The van der Waals surface area contributed by atoms with Crippen LogP contribution in [0, 0.1) is 11.6 Å². The first-order valence-electron chi connectivity index (χ1n) is 6.31. The zero-order valence-electron chi connectivity index (χ0n) is 10.7. The van der Waals surface area contributed by atoms with E-state index in [9.17, 15) is 8.78 Å². The van der Waals surface area contributed by atoms with Crippen molar-refractivity contribution in [2.75, 3.05) is 6.54 Å². The third-order valence-electron chi connectivity index (χ3n) is 3.20. The molecular formula is C15H13F2N3. The highest BCUT2D eigenvalue weighted by Crippen LogP contribution is 2.24. The summed E-state index contributed by atoms with van der Waals surface area (Å²) >= 11 is 0. The molecule has 0 saturated carbocycles. The molecule has 0 saturated heterocycles. The number of halogens is 2. The van der Waals surface area contributed by atoms with Crippen LogP contribution in [0.1, 0.15) is 5.56 Å². The van der Waals surface area contributed by atoms with Crippen LogP contribution in [0.5, 0.6) is 0 Å². The largest absolute Gasteiger partial charge is 0.330 e. The highest BCUT2D eigenvalue weighted by molar-refractivity contribution is 5.77. The Kier molecular flexibility index (Phi) is 3.20. The van der Waals surface area contributed by atoms with Crippen LogP contribution in [0.3, 0.4) is 0 Å². The Hall–Kier alpha value is -2.27. The molecule has 3 aromatic rings. The topological polar surface area (TPSA) is 43.8 Å². The van der Waals surface area contributed by atoms with E-state index in [-0.39, 0.29) is 5.69 Å². The maximum absolute atomic E-state index is 14.2. The molecule has 2 N–H and O–H groups in total. The molecule has 1 aromatic heterocycles. The number of nitrogens with zero attached hydrogens (tertiary/aromatic N) is 2. The number of rotatable bonds is 3. The molecule has 0 aliphatic carbocycles. The fourth-order valence-electron chi connectivity index (χ4n) is 2.30. The second-order valence-corrected chi connectivity index (χ2v) is 4.55. The van der Waals surface area contributed by atoms with E-state index in [0.29, 0.717) is 29.6 Å². The SMILES string of the molecule is NCCc1cc(F)c(-n2cnc3ccccc32)c(F)c1. The maximum atomic E-state index is 14.2. The monoisotopic (exact) mass is 273 g/mol. The van der Waals surface area contributed by atoms with Crippen molar-refractivity contribution in [1.29, 1.82) is 0 Å². The Morgan fingerprint density at radius 3 is 2.50 bits per heavy atom. The molecule has 1 heterocycles. The summed E-state index contributed by atoms with van der Waals surface area (Å²) in [5, 5.41) is 0. The summed E-state index contributed by atoms with van der Waals surface area (Å²) in [4.78, 5) is 4.15. The molecule has 2 aromatic carbocycles. The lowest BCUT2D eigenvalue weighted by Crippen LogP contribution is -2.06. The van der Waals surface area contributed by atoms with Gasteiger partial charge in [-0.2, -0.15) is 0 Å². The van der Waals surface area contributed by atoms with Crippen molar-refractivity contribution in [1.82, 2.24) is 9.55 Å². The average molecular weight is 273 g/mol. The molecule has 3 nitrogen and oxygen atoms in total. The number of aromatic nitrogens is 2. The van der Waals surface area contributed by atoms with Crippen LogP contribution in [0.4, 0.5) is 8.78 Å². The lowest BCUT2D eigenvalue weighted by molar-refractivity contribution is 0.567. The first kappa shape index (κ1) is 12.7. The molecule has 0 aliphatic heterocycles. The van der Waals surface area contributed by atoms with Gasteiger partial charge in [-0.05, 0) is 42.8 Å². The van der Waals surface area contributed by atoms with Crippen LogP contribution >= 0.6 is 0 Å². The van der Waals surface area contributed by atoms with E-state index < -0.39 is 11.6 Å². The molecule has 0 radical (unpaired) electrons. The third-order valence-corrected chi connectivity index (χ3v) is 3.20. The fraction of sp³-hybridized carbons (Fsp3) is 0.133. The number of hydrogen-bond donors (Lipinski definition) is 1. The average Bonchev–Trinajstić information content (AvgIpc) is 2.83. The van der Waals surface area contributed by atoms with Gasteiger partial charge < -0.3 is 5.73 Å². The number of para-hydroxylation sites is 2. The normalized spacial score (nSPS) is 11.2. The van der Waals surface area contributed by atoms with Gasteiger partial charge >= 0.3 is 0 Å². The van der Waals surface area contributed by atoms with E-state index in [1.165, 1.54) is 23.0 Å². The van der Waals surface area contributed by atoms with Crippen molar-refractivity contribution in [2.24, 2.45) is 5.73 Å². The third kappa shape index (κ3) is 2.06. The standard InChI is InChI=1S/C15H13F2N3/c16-11-7-10(5-6-18)8-12(17)15(11)20-9-19-13-3-1-2-4-14(13)20/h1-4,7-9H,5-6,18H2. The molecule has 0 fully saturated rings. The Morgan fingerprint density at radius 1 is 1.10 bits per heavy atom. The molecule has 0 amide bonds. The minimum Gasteiger partial charge on any atom is -0.330 e. The lowest BCUT2D eigenvalue weighted by Gasteiger charge is -2.09. The lowest BCUT2D eigenvalue weighted by atomic mass is 10.1. The van der Waals surface area contributed by atoms with Gasteiger partial charge in [0.05, 0.1) is 11.0 Å². The second-order valence-electron chi connectivity index (χ2n) is 4.55. The quantitative estimate of drug-likeness (QED) is 0.797. The molecule has 0 spiro atoms. The van der Waals surface area contributed by atoms with Gasteiger partial charge in [-0.3, -0.25) is 4.57 Å². The summed E-state index contributed by atoms with van der Waals surface area (Å²) in [6.45, 7) is 0.353. The van der Waals surface area contributed by atoms with Crippen molar-refractivity contribution in [3.05, 3.63) is 59.9 Å². The van der Waals surface area contributed by atoms with Crippen molar-refractivity contribution >= 4 is 11.0 Å². The first-order chi connectivity index (χ1) is 9.70. The molecule has 0 bridgehead atoms. The van der Waals surface area contributed by atoms with Crippen LogP contribution in [-0.4, -0.2) is 16.1 Å². The summed E-state index contributed by atoms with van der Waals surface area (Å²) in [6.07, 6.45) is 1.87. The number of hydrogen-bond acceptors (Lipinski definition) is 2. The van der Waals surface area contributed by atoms with Gasteiger partial charge in [0.2, 0.25) is 0 Å². The van der Waals surface area contributed by atoms with Crippen molar-refractivity contribution in [2.45, 2.75) is 6.42 Å². The van der Waals surface area contributed by atoms with Crippen molar-refractivity contribution in [3.8, 4) is 5.69 Å². The van der Waals surface area contributed by atoms with Gasteiger partial charge in [0.25, 0.3) is 0 Å². The van der Waals surface area contributed by atoms with Crippen LogP contribution in [0.2, 0.25) is 0 Å². The summed E-state index contributed by atoms with van der Waals surface area (Å²) in [5.41, 5.74) is 7.20. The zero-order valence-corrected chi connectivity index (χ0v) is 10.7. The fourth-order valence-corrected chi connectivity index (χ4v) is 2.30. The van der Waals surface area contributed by atoms with Crippen LogP contribution in [0.15, 0.2) is 42.7 Å². The van der Waals surface area contributed by atoms with E-state index in [1.54, 1.807) is 18.2 Å². The molecular weight excluding hydrogens is 260 g/mol. The van der Waals surface area contributed by atoms with Crippen molar-refractivity contribution in [3.63, 3.8) is 0 Å².